The van der Waals surface area contributed by atoms with Gasteiger partial charge in [-0.2, -0.15) is 0 Å². The minimum absolute atomic E-state index is 0.198. The monoisotopic (exact) mass is 531 g/mol. The number of carbonyl (C=O) groups excluding carboxylic acids is 2. The molecule has 4 rings (SSSR count). The lowest BCUT2D eigenvalue weighted by Crippen LogP contribution is -2.46. The summed E-state index contributed by atoms with van der Waals surface area (Å²) in [5.74, 6) is 1.02. The molecule has 10 heteroatoms. The molecular formula is C28H29N5O4S. The number of ether oxygens (including phenoxy) is 2. The first-order chi connectivity index (χ1) is 18.4. The Kier molecular flexibility index (Phi) is 8.99. The van der Waals surface area contributed by atoms with Crippen LogP contribution in [-0.2, 0) is 16.2 Å². The molecule has 0 spiro atoms. The third-order valence-corrected chi connectivity index (χ3v) is 6.51. The molecule has 1 aromatic heterocycles. The van der Waals surface area contributed by atoms with E-state index in [1.54, 1.807) is 19.1 Å². The number of benzene rings is 3. The number of nitrogens with zero attached hydrogens (tertiary/aromatic N) is 3. The maximum Gasteiger partial charge on any atom is 0.276 e. The number of aryl methyl sites for hydroxylation is 2. The molecule has 3 aromatic carbocycles. The molecule has 0 saturated carbocycles. The zero-order valence-corrected chi connectivity index (χ0v) is 22.2. The number of nitrogens with one attached hydrogen (secondary N) is 2. The summed E-state index contributed by atoms with van der Waals surface area (Å²) in [5, 5.41) is 8.58. The zero-order chi connectivity index (χ0) is 26.9. The summed E-state index contributed by atoms with van der Waals surface area (Å²) in [4.78, 5) is 24.8. The van der Waals surface area contributed by atoms with Crippen LogP contribution in [-0.4, -0.2) is 38.4 Å². The number of rotatable bonds is 10. The van der Waals surface area contributed by atoms with Crippen LogP contribution in [0.2, 0.25) is 0 Å². The highest BCUT2D eigenvalue weighted by Crippen LogP contribution is 2.26. The predicted molar refractivity (Wildman–Crippen MR) is 145 cm³/mol. The Hall–Kier alpha value is -4.31. The zero-order valence-electron chi connectivity index (χ0n) is 21.4. The van der Waals surface area contributed by atoms with Gasteiger partial charge in [0.2, 0.25) is 0 Å². The summed E-state index contributed by atoms with van der Waals surface area (Å²) < 4.78 is 13.2. The van der Waals surface area contributed by atoms with Gasteiger partial charge in [-0.1, -0.05) is 65.4 Å². The summed E-state index contributed by atoms with van der Waals surface area (Å²) in [5.41, 5.74) is 7.91. The van der Waals surface area contributed by atoms with Crippen molar-refractivity contribution in [3.63, 3.8) is 0 Å². The van der Waals surface area contributed by atoms with Crippen molar-refractivity contribution in [1.29, 1.82) is 0 Å². The molecule has 9 nitrogen and oxygen atoms in total. The van der Waals surface area contributed by atoms with Gasteiger partial charge in [0, 0.05) is 5.69 Å². The Morgan fingerprint density at radius 1 is 0.842 bits per heavy atom. The van der Waals surface area contributed by atoms with Crippen molar-refractivity contribution in [3.8, 4) is 17.2 Å². The van der Waals surface area contributed by atoms with Crippen LogP contribution in [0.3, 0.4) is 0 Å². The number of carbonyl (C=O) groups is 2. The molecule has 4 aromatic rings. The summed E-state index contributed by atoms with van der Waals surface area (Å²) in [7, 11) is 0. The lowest BCUT2D eigenvalue weighted by Gasteiger charge is -2.15. The van der Waals surface area contributed by atoms with Gasteiger partial charge in [0.05, 0.1) is 5.25 Å². The molecule has 0 bridgehead atoms. The van der Waals surface area contributed by atoms with Crippen LogP contribution in [0.1, 0.15) is 23.9 Å². The fraction of sp³-hybridized carbons (Fsp3) is 0.214. The number of para-hydroxylation sites is 1. The average Bonchev–Trinajstić information content (AvgIpc) is 3.33. The molecule has 38 heavy (non-hydrogen) atoms. The van der Waals surface area contributed by atoms with Crippen LogP contribution < -0.4 is 20.3 Å². The van der Waals surface area contributed by atoms with Crippen molar-refractivity contribution < 1.29 is 19.1 Å². The smallest absolute Gasteiger partial charge is 0.276 e. The molecule has 2 amide bonds. The van der Waals surface area contributed by atoms with Crippen molar-refractivity contribution >= 4 is 23.6 Å². The van der Waals surface area contributed by atoms with Gasteiger partial charge in [-0.25, -0.2) is 0 Å². The van der Waals surface area contributed by atoms with Gasteiger partial charge in [0.25, 0.3) is 11.8 Å². The van der Waals surface area contributed by atoms with E-state index in [0.29, 0.717) is 16.7 Å². The van der Waals surface area contributed by atoms with Gasteiger partial charge >= 0.3 is 0 Å². The Balaban J connectivity index is 1.36. The second kappa shape index (κ2) is 12.8. The number of hydrazine groups is 1. The number of amides is 2. The van der Waals surface area contributed by atoms with E-state index in [4.69, 9.17) is 9.47 Å². The van der Waals surface area contributed by atoms with Crippen LogP contribution in [0.25, 0.3) is 5.69 Å². The highest BCUT2D eigenvalue weighted by molar-refractivity contribution is 8.00. The van der Waals surface area contributed by atoms with Crippen molar-refractivity contribution in [2.75, 3.05) is 6.61 Å². The van der Waals surface area contributed by atoms with E-state index < -0.39 is 17.1 Å². The molecule has 0 aliphatic rings. The first-order valence-corrected chi connectivity index (χ1v) is 12.9. The topological polar surface area (TPSA) is 107 Å². The SMILES string of the molecule is Cc1ccc(OCC(=O)NNC(=O)[C@@H](C)Sc2nnc(COc3ccc(C)cc3)n2-c2ccccc2)cc1. The molecule has 1 atom stereocenters. The molecule has 2 N–H and O–H groups in total. The summed E-state index contributed by atoms with van der Waals surface area (Å²) in [6, 6.07) is 24.7. The molecule has 1 heterocycles. The second-order valence-electron chi connectivity index (χ2n) is 8.57. The Bertz CT molecular complexity index is 1360. The van der Waals surface area contributed by atoms with Crippen LogP contribution in [0.4, 0.5) is 0 Å². The third kappa shape index (κ3) is 7.36. The van der Waals surface area contributed by atoms with E-state index in [2.05, 4.69) is 21.0 Å². The molecule has 0 saturated heterocycles. The summed E-state index contributed by atoms with van der Waals surface area (Å²) in [6.07, 6.45) is 0. The molecular weight excluding hydrogens is 502 g/mol. The lowest BCUT2D eigenvalue weighted by atomic mass is 10.2. The first kappa shape index (κ1) is 26.7. The Morgan fingerprint density at radius 3 is 2.08 bits per heavy atom. The molecule has 0 fully saturated rings. The van der Waals surface area contributed by atoms with E-state index in [1.807, 2.05) is 85.1 Å². The third-order valence-electron chi connectivity index (χ3n) is 5.47. The van der Waals surface area contributed by atoms with E-state index in [1.165, 1.54) is 11.8 Å². The highest BCUT2D eigenvalue weighted by Gasteiger charge is 2.22. The fourth-order valence-corrected chi connectivity index (χ4v) is 4.24. The maximum absolute atomic E-state index is 12.7. The van der Waals surface area contributed by atoms with Crippen LogP contribution in [0, 0.1) is 13.8 Å². The Morgan fingerprint density at radius 2 is 1.45 bits per heavy atom. The molecule has 196 valence electrons. The van der Waals surface area contributed by atoms with Crippen LogP contribution >= 0.6 is 11.8 Å². The second-order valence-corrected chi connectivity index (χ2v) is 9.88. The standard InChI is InChI=1S/C28H29N5O4S/c1-19-9-13-23(14-10-19)36-17-25-29-32-28(33(25)22-7-5-4-6-8-22)38-21(3)27(35)31-30-26(34)18-37-24-15-11-20(2)12-16-24/h4-16,21H,17-18H2,1-3H3,(H,30,34)(H,31,35)/t21-/m1/s1. The maximum atomic E-state index is 12.7. The number of thioether (sulfide) groups is 1. The summed E-state index contributed by atoms with van der Waals surface area (Å²) >= 11 is 1.22. The van der Waals surface area contributed by atoms with Gasteiger partial charge in [-0.15, -0.1) is 10.2 Å². The van der Waals surface area contributed by atoms with Crippen molar-refractivity contribution in [2.24, 2.45) is 0 Å². The molecule has 0 aliphatic carbocycles. The van der Waals surface area contributed by atoms with E-state index in [-0.39, 0.29) is 13.2 Å². The normalized spacial score (nSPS) is 11.4. The number of aromatic nitrogens is 3. The van der Waals surface area contributed by atoms with Gasteiger partial charge in [-0.05, 0) is 57.2 Å². The molecule has 0 aliphatic heterocycles. The quantitative estimate of drug-likeness (QED) is 0.234. The summed E-state index contributed by atoms with van der Waals surface area (Å²) in [6.45, 7) is 5.68. The van der Waals surface area contributed by atoms with Gasteiger partial charge in [0.15, 0.2) is 17.6 Å². The van der Waals surface area contributed by atoms with E-state index >= 15 is 0 Å². The number of hydrogen-bond acceptors (Lipinski definition) is 7. The van der Waals surface area contributed by atoms with Gasteiger partial charge in [-0.3, -0.25) is 25.0 Å². The molecule has 0 unspecified atom stereocenters. The number of hydrogen-bond donors (Lipinski definition) is 2. The Labute approximate surface area is 225 Å². The van der Waals surface area contributed by atoms with Gasteiger partial charge in [0.1, 0.15) is 18.1 Å². The largest absolute Gasteiger partial charge is 0.486 e. The van der Waals surface area contributed by atoms with Gasteiger partial charge < -0.3 is 9.47 Å². The molecule has 0 radical (unpaired) electrons. The average molecular weight is 532 g/mol. The van der Waals surface area contributed by atoms with Crippen LogP contribution in [0.5, 0.6) is 11.5 Å². The minimum Gasteiger partial charge on any atom is -0.486 e. The van der Waals surface area contributed by atoms with Crippen molar-refractivity contribution in [1.82, 2.24) is 25.6 Å². The van der Waals surface area contributed by atoms with E-state index in [9.17, 15) is 9.59 Å². The highest BCUT2D eigenvalue weighted by atomic mass is 32.2. The first-order valence-electron chi connectivity index (χ1n) is 12.0. The lowest BCUT2D eigenvalue weighted by molar-refractivity contribution is -0.129. The minimum atomic E-state index is -0.578. The predicted octanol–water partition coefficient (Wildman–Crippen LogP) is 4.17. The van der Waals surface area contributed by atoms with Crippen molar-refractivity contribution in [3.05, 3.63) is 95.8 Å². The fourth-order valence-electron chi connectivity index (χ4n) is 3.35. The van der Waals surface area contributed by atoms with E-state index in [0.717, 1.165) is 22.6 Å². The van der Waals surface area contributed by atoms with Crippen LogP contribution in [0.15, 0.2) is 84.0 Å². The van der Waals surface area contributed by atoms with Crippen molar-refractivity contribution in [2.45, 2.75) is 37.8 Å².